The lowest BCUT2D eigenvalue weighted by Crippen LogP contribution is -2.16. The van der Waals surface area contributed by atoms with E-state index in [1.165, 1.54) is 0 Å². The molecule has 0 aromatic rings. The van der Waals surface area contributed by atoms with Crippen molar-refractivity contribution in [1.82, 2.24) is 0 Å². The predicted molar refractivity (Wildman–Crippen MR) is 37.9 cm³/mol. The first-order valence-electron chi connectivity index (χ1n) is 1.24. The lowest BCUT2D eigenvalue weighted by atomic mass is 10.8. The van der Waals surface area contributed by atoms with Crippen LogP contribution in [0.1, 0.15) is 0 Å². The fraction of sp³-hybridized carbons (Fsp3) is 0.500. The maximum absolute atomic E-state index is 9.62. The second-order valence-corrected chi connectivity index (χ2v) is 3.08. The zero-order valence-electron chi connectivity index (χ0n) is 2.99. The summed E-state index contributed by atoms with van der Waals surface area (Å²) in [5.41, 5.74) is 0. The first kappa shape index (κ1) is 11.6. The van der Waals surface area contributed by atoms with Crippen LogP contribution in [0.25, 0.3) is 0 Å². The molecule has 0 saturated carbocycles. The molecule has 0 rings (SSSR count). The molecule has 0 spiro atoms. The molecule has 0 fully saturated rings. The third-order valence-corrected chi connectivity index (χ3v) is 0.728. The van der Waals surface area contributed by atoms with Crippen LogP contribution in [-0.4, -0.2) is 32.2 Å². The fourth-order valence-electron chi connectivity index (χ4n) is 0. The van der Waals surface area contributed by atoms with Crippen molar-refractivity contribution in [1.29, 1.82) is 0 Å². The first-order chi connectivity index (χ1) is 2.94. The molecule has 0 aromatic carbocycles. The Balaban J connectivity index is 0. The summed E-state index contributed by atoms with van der Waals surface area (Å²) in [5.74, 6) is -1.46. The van der Waals surface area contributed by atoms with Crippen LogP contribution in [0, 0.1) is 0 Å². The molecule has 0 saturated heterocycles. The average molecular weight is 193 g/mol. The van der Waals surface area contributed by atoms with E-state index in [0.29, 0.717) is 0 Å². The number of carbonyl (C=O) groups is 1. The molecule has 0 amide bonds. The van der Waals surface area contributed by atoms with Crippen molar-refractivity contribution in [2.24, 2.45) is 0 Å². The monoisotopic (exact) mass is 192 g/mol. The molecule has 8 heavy (non-hydrogen) atoms. The standard InChI is InChI=1S/C2HCl3O2.Al.3H/c3-2(4,5)1(6)7;;;;/h(H,6,7);;;;. The summed E-state index contributed by atoms with van der Waals surface area (Å²) in [6.07, 6.45) is 0. The molecular formula is C2H4AlCl3O2. The van der Waals surface area contributed by atoms with Crippen molar-refractivity contribution < 1.29 is 9.90 Å². The highest BCUT2D eigenvalue weighted by molar-refractivity contribution is 6.75. The highest BCUT2D eigenvalue weighted by Crippen LogP contribution is 2.25. The summed E-state index contributed by atoms with van der Waals surface area (Å²) < 4.78 is -2.17. The third-order valence-electron chi connectivity index (χ3n) is 0.243. The Kier molecular flexibility index (Phi) is 5.55. The summed E-state index contributed by atoms with van der Waals surface area (Å²) in [6, 6.07) is 0. The van der Waals surface area contributed by atoms with E-state index in [4.69, 9.17) is 39.9 Å². The number of aliphatic carboxylic acids is 1. The van der Waals surface area contributed by atoms with Gasteiger partial charge in [0.1, 0.15) is 0 Å². The maximum Gasteiger partial charge on any atom is 0.356 e. The average Bonchev–Trinajstić information content (AvgIpc) is 1.31. The van der Waals surface area contributed by atoms with E-state index < -0.39 is 9.76 Å². The molecule has 2 nitrogen and oxygen atoms in total. The van der Waals surface area contributed by atoms with Crippen LogP contribution in [-0.2, 0) is 4.79 Å². The zero-order valence-corrected chi connectivity index (χ0v) is 5.26. The fourth-order valence-corrected chi connectivity index (χ4v) is 0. The number of hydrogen-bond acceptors (Lipinski definition) is 1. The van der Waals surface area contributed by atoms with Gasteiger partial charge in [0, 0.05) is 0 Å². The molecule has 0 unspecified atom stereocenters. The van der Waals surface area contributed by atoms with E-state index >= 15 is 0 Å². The number of alkyl halides is 3. The third kappa shape index (κ3) is 5.02. The lowest BCUT2D eigenvalue weighted by molar-refractivity contribution is -0.135. The minimum Gasteiger partial charge on any atom is -0.478 e. The predicted octanol–water partition coefficient (Wildman–Crippen LogP) is 0.257. The SMILES string of the molecule is O=C(O)C(Cl)(Cl)Cl.[AlH3]. The second-order valence-electron chi connectivity index (χ2n) is 0.803. The number of halogens is 3. The van der Waals surface area contributed by atoms with Crippen LogP contribution in [0.3, 0.4) is 0 Å². The molecule has 0 aliphatic rings. The molecule has 0 heterocycles. The van der Waals surface area contributed by atoms with Gasteiger partial charge in [0.05, 0.1) is 0 Å². The van der Waals surface area contributed by atoms with E-state index in [9.17, 15) is 4.79 Å². The second kappa shape index (κ2) is 3.81. The van der Waals surface area contributed by atoms with Crippen molar-refractivity contribution in [3.63, 3.8) is 0 Å². The van der Waals surface area contributed by atoms with Gasteiger partial charge in [0.15, 0.2) is 17.4 Å². The molecular weight excluding hydrogens is 189 g/mol. The molecule has 0 aliphatic heterocycles. The van der Waals surface area contributed by atoms with Crippen LogP contribution in [0.15, 0.2) is 0 Å². The summed E-state index contributed by atoms with van der Waals surface area (Å²) in [7, 11) is 0. The molecule has 0 aromatic heterocycles. The van der Waals surface area contributed by atoms with Crippen LogP contribution < -0.4 is 0 Å². The van der Waals surface area contributed by atoms with Crippen LogP contribution >= 0.6 is 34.8 Å². The molecule has 0 atom stereocenters. The number of carboxylic acid groups (broad SMARTS) is 1. The Bertz CT molecular complexity index is 87.8. The summed E-state index contributed by atoms with van der Waals surface area (Å²) in [5, 5.41) is 7.85. The maximum atomic E-state index is 9.62. The quantitative estimate of drug-likeness (QED) is 0.442. The Morgan fingerprint density at radius 1 is 1.38 bits per heavy atom. The molecule has 6 heteroatoms. The Morgan fingerprint density at radius 2 is 1.50 bits per heavy atom. The van der Waals surface area contributed by atoms with E-state index in [1.54, 1.807) is 0 Å². The van der Waals surface area contributed by atoms with Crippen molar-refractivity contribution in [3.05, 3.63) is 0 Å². The van der Waals surface area contributed by atoms with Gasteiger partial charge in [-0.15, -0.1) is 0 Å². The van der Waals surface area contributed by atoms with E-state index in [2.05, 4.69) is 0 Å². The Labute approximate surface area is 71.8 Å². The Morgan fingerprint density at radius 3 is 1.50 bits per heavy atom. The normalized spacial score (nSPS) is 9.88. The highest BCUT2D eigenvalue weighted by Gasteiger charge is 2.29. The zero-order chi connectivity index (χ0) is 6.08. The van der Waals surface area contributed by atoms with Crippen molar-refractivity contribution in [3.8, 4) is 0 Å². The summed E-state index contributed by atoms with van der Waals surface area (Å²) >= 11 is 14.4. The van der Waals surface area contributed by atoms with Gasteiger partial charge >= 0.3 is 5.97 Å². The van der Waals surface area contributed by atoms with Gasteiger partial charge in [0.2, 0.25) is 0 Å². The number of rotatable bonds is 0. The summed E-state index contributed by atoms with van der Waals surface area (Å²) in [4.78, 5) is 9.62. The van der Waals surface area contributed by atoms with Crippen LogP contribution in [0.5, 0.6) is 0 Å². The van der Waals surface area contributed by atoms with Gasteiger partial charge in [-0.05, 0) is 0 Å². The molecule has 0 radical (unpaired) electrons. The molecule has 1 N–H and O–H groups in total. The van der Waals surface area contributed by atoms with Crippen LogP contribution in [0.2, 0.25) is 0 Å². The van der Waals surface area contributed by atoms with Gasteiger partial charge in [-0.2, -0.15) is 0 Å². The largest absolute Gasteiger partial charge is 0.478 e. The van der Waals surface area contributed by atoms with E-state index in [1.807, 2.05) is 0 Å². The molecule has 0 bridgehead atoms. The van der Waals surface area contributed by atoms with Gasteiger partial charge in [-0.1, -0.05) is 34.8 Å². The minimum absolute atomic E-state index is 0. The minimum atomic E-state index is -2.17. The summed E-state index contributed by atoms with van der Waals surface area (Å²) in [6.45, 7) is 0. The van der Waals surface area contributed by atoms with Gasteiger partial charge in [-0.3, -0.25) is 0 Å². The van der Waals surface area contributed by atoms with E-state index in [0.717, 1.165) is 0 Å². The topological polar surface area (TPSA) is 37.3 Å². The van der Waals surface area contributed by atoms with Crippen molar-refractivity contribution in [2.45, 2.75) is 3.79 Å². The van der Waals surface area contributed by atoms with Gasteiger partial charge in [0.25, 0.3) is 3.79 Å². The van der Waals surface area contributed by atoms with E-state index in [-0.39, 0.29) is 17.4 Å². The number of hydrogen-bond donors (Lipinski definition) is 1. The molecule has 0 aliphatic carbocycles. The lowest BCUT2D eigenvalue weighted by Gasteiger charge is -1.99. The smallest absolute Gasteiger partial charge is 0.356 e. The van der Waals surface area contributed by atoms with Crippen molar-refractivity contribution >= 4 is 58.1 Å². The Hall–Kier alpha value is 0.872. The first-order valence-corrected chi connectivity index (χ1v) is 2.38. The molecule has 48 valence electrons. The highest BCUT2D eigenvalue weighted by atomic mass is 35.6. The van der Waals surface area contributed by atoms with Crippen LogP contribution in [0.4, 0.5) is 0 Å². The van der Waals surface area contributed by atoms with Crippen molar-refractivity contribution in [2.75, 3.05) is 0 Å². The number of carboxylic acids is 1. The van der Waals surface area contributed by atoms with Gasteiger partial charge < -0.3 is 5.11 Å². The van der Waals surface area contributed by atoms with Gasteiger partial charge in [-0.25, -0.2) is 4.79 Å².